The molecule has 0 spiro atoms. The maximum atomic E-state index is 5.46. The molecule has 0 atom stereocenters. The van der Waals surface area contributed by atoms with E-state index in [1.54, 1.807) is 29.3 Å². The molecule has 26 heavy (non-hydrogen) atoms. The Hall–Kier alpha value is -2.45. The average molecular weight is 381 g/mol. The van der Waals surface area contributed by atoms with Gasteiger partial charge in [0.05, 0.1) is 10.6 Å². The Bertz CT molecular complexity index is 1010. The van der Waals surface area contributed by atoms with E-state index in [-0.39, 0.29) is 0 Å². The second-order valence-electron chi connectivity index (χ2n) is 6.10. The van der Waals surface area contributed by atoms with E-state index >= 15 is 0 Å². The van der Waals surface area contributed by atoms with E-state index in [2.05, 4.69) is 24.9 Å². The Morgan fingerprint density at radius 2 is 2.19 bits per heavy atom. The lowest BCUT2D eigenvalue weighted by atomic mass is 10.3. The van der Waals surface area contributed by atoms with E-state index in [4.69, 9.17) is 4.52 Å². The molecule has 0 saturated heterocycles. The van der Waals surface area contributed by atoms with Crippen LogP contribution in [0.2, 0.25) is 0 Å². The SMILES string of the molecule is c1cncc(-c2nnc(SCc3cc(-c4cccs4)on3)n2C2CC2)c1. The molecular weight excluding hydrogens is 366 g/mol. The van der Waals surface area contributed by atoms with Crippen LogP contribution >= 0.6 is 23.1 Å². The zero-order valence-corrected chi connectivity index (χ0v) is 15.4. The molecule has 130 valence electrons. The van der Waals surface area contributed by atoms with Crippen LogP contribution in [-0.2, 0) is 5.75 Å². The van der Waals surface area contributed by atoms with E-state index in [1.807, 2.05) is 41.9 Å². The minimum atomic E-state index is 0.488. The van der Waals surface area contributed by atoms with Crippen molar-refractivity contribution in [3.8, 4) is 22.0 Å². The standard InChI is InChI=1S/C18H15N5OS2/c1-3-12(10-19-7-1)17-20-21-18(23(17)14-5-6-14)26-11-13-9-15(24-22-13)16-4-2-8-25-16/h1-4,7-10,14H,5-6,11H2. The van der Waals surface area contributed by atoms with Crippen molar-refractivity contribution in [2.75, 3.05) is 0 Å². The summed E-state index contributed by atoms with van der Waals surface area (Å²) in [6.07, 6.45) is 5.95. The first kappa shape index (κ1) is 15.8. The second-order valence-corrected chi connectivity index (χ2v) is 7.99. The highest BCUT2D eigenvalue weighted by molar-refractivity contribution is 7.98. The van der Waals surface area contributed by atoms with Crippen LogP contribution in [0.1, 0.15) is 24.6 Å². The number of pyridine rings is 1. The van der Waals surface area contributed by atoms with Crippen molar-refractivity contribution in [1.29, 1.82) is 0 Å². The van der Waals surface area contributed by atoms with E-state index in [0.29, 0.717) is 11.8 Å². The third kappa shape index (κ3) is 3.06. The van der Waals surface area contributed by atoms with E-state index < -0.39 is 0 Å². The first-order valence-corrected chi connectivity index (χ1v) is 10.2. The number of nitrogens with zero attached hydrogens (tertiary/aromatic N) is 5. The minimum absolute atomic E-state index is 0.488. The highest BCUT2D eigenvalue weighted by Crippen LogP contribution is 2.41. The molecule has 8 heteroatoms. The molecule has 4 aromatic heterocycles. The van der Waals surface area contributed by atoms with Gasteiger partial charge in [0, 0.05) is 35.8 Å². The van der Waals surface area contributed by atoms with Crippen LogP contribution in [0.5, 0.6) is 0 Å². The summed E-state index contributed by atoms with van der Waals surface area (Å²) < 4.78 is 7.70. The number of hydrogen-bond acceptors (Lipinski definition) is 7. The molecule has 5 rings (SSSR count). The zero-order valence-electron chi connectivity index (χ0n) is 13.8. The lowest BCUT2D eigenvalue weighted by molar-refractivity contribution is 0.427. The number of thioether (sulfide) groups is 1. The quantitative estimate of drug-likeness (QED) is 0.452. The van der Waals surface area contributed by atoms with Crippen LogP contribution in [0.3, 0.4) is 0 Å². The van der Waals surface area contributed by atoms with Crippen molar-refractivity contribution in [3.05, 3.63) is 53.8 Å². The third-order valence-electron chi connectivity index (χ3n) is 4.17. The smallest absolute Gasteiger partial charge is 0.192 e. The highest BCUT2D eigenvalue weighted by atomic mass is 32.2. The third-order valence-corrected chi connectivity index (χ3v) is 6.03. The number of rotatable bonds is 6. The molecule has 0 unspecified atom stereocenters. The Morgan fingerprint density at radius 3 is 2.96 bits per heavy atom. The predicted octanol–water partition coefficient (Wildman–Crippen LogP) is 4.68. The van der Waals surface area contributed by atoms with Gasteiger partial charge in [-0.15, -0.1) is 21.5 Å². The van der Waals surface area contributed by atoms with E-state index in [1.165, 1.54) is 12.8 Å². The van der Waals surface area contributed by atoms with Crippen LogP contribution in [0.25, 0.3) is 22.0 Å². The van der Waals surface area contributed by atoms with Crippen molar-refractivity contribution in [2.45, 2.75) is 29.8 Å². The number of aromatic nitrogens is 5. The molecule has 6 nitrogen and oxygen atoms in total. The van der Waals surface area contributed by atoms with Gasteiger partial charge in [-0.3, -0.25) is 9.55 Å². The van der Waals surface area contributed by atoms with Gasteiger partial charge in [0.2, 0.25) is 0 Å². The molecule has 4 heterocycles. The predicted molar refractivity (Wildman–Crippen MR) is 101 cm³/mol. The number of hydrogen-bond donors (Lipinski definition) is 0. The summed E-state index contributed by atoms with van der Waals surface area (Å²) in [7, 11) is 0. The minimum Gasteiger partial charge on any atom is -0.355 e. The molecule has 0 aromatic carbocycles. The maximum absolute atomic E-state index is 5.46. The van der Waals surface area contributed by atoms with Gasteiger partial charge in [-0.2, -0.15) is 0 Å². The Kier molecular flexibility index (Phi) is 4.06. The maximum Gasteiger partial charge on any atom is 0.192 e. The number of thiophene rings is 1. The van der Waals surface area contributed by atoms with Gasteiger partial charge in [0.1, 0.15) is 0 Å². The van der Waals surface area contributed by atoms with Crippen molar-refractivity contribution in [1.82, 2.24) is 24.9 Å². The molecule has 0 N–H and O–H groups in total. The van der Waals surface area contributed by atoms with Crippen molar-refractivity contribution < 1.29 is 4.52 Å². The summed E-state index contributed by atoms with van der Waals surface area (Å²) in [5, 5.41) is 16.0. The highest BCUT2D eigenvalue weighted by Gasteiger charge is 2.30. The van der Waals surface area contributed by atoms with Gasteiger partial charge in [0.15, 0.2) is 16.7 Å². The fourth-order valence-electron chi connectivity index (χ4n) is 2.78. The topological polar surface area (TPSA) is 69.6 Å². The van der Waals surface area contributed by atoms with Crippen molar-refractivity contribution >= 4 is 23.1 Å². The van der Waals surface area contributed by atoms with Crippen molar-refractivity contribution in [3.63, 3.8) is 0 Å². The van der Waals surface area contributed by atoms with Crippen LogP contribution in [0.4, 0.5) is 0 Å². The molecular formula is C18H15N5OS2. The van der Waals surface area contributed by atoms with Gasteiger partial charge >= 0.3 is 0 Å². The summed E-state index contributed by atoms with van der Waals surface area (Å²) in [5.74, 6) is 2.41. The molecule has 0 radical (unpaired) electrons. The largest absolute Gasteiger partial charge is 0.355 e. The average Bonchev–Trinajstić information content (AvgIpc) is 3.10. The van der Waals surface area contributed by atoms with Gasteiger partial charge in [-0.25, -0.2) is 0 Å². The lowest BCUT2D eigenvalue weighted by Gasteiger charge is -2.07. The Labute approximate surface area is 158 Å². The molecule has 1 aliphatic rings. The summed E-state index contributed by atoms with van der Waals surface area (Å²) in [6, 6.07) is 10.5. The van der Waals surface area contributed by atoms with Gasteiger partial charge in [-0.05, 0) is 36.4 Å². The summed E-state index contributed by atoms with van der Waals surface area (Å²) in [6.45, 7) is 0. The second kappa shape index (κ2) is 6.69. The van der Waals surface area contributed by atoms with Gasteiger partial charge < -0.3 is 4.52 Å². The summed E-state index contributed by atoms with van der Waals surface area (Å²) in [5.41, 5.74) is 1.91. The molecule has 0 aliphatic heterocycles. The fourth-order valence-corrected chi connectivity index (χ4v) is 4.34. The molecule has 1 fully saturated rings. The van der Waals surface area contributed by atoms with Gasteiger partial charge in [0.25, 0.3) is 0 Å². The Morgan fingerprint density at radius 1 is 1.23 bits per heavy atom. The summed E-state index contributed by atoms with van der Waals surface area (Å²) in [4.78, 5) is 5.29. The molecule has 0 amide bonds. The van der Waals surface area contributed by atoms with Crippen LogP contribution in [-0.4, -0.2) is 24.9 Å². The van der Waals surface area contributed by atoms with E-state index in [9.17, 15) is 0 Å². The normalized spacial score (nSPS) is 14.0. The van der Waals surface area contributed by atoms with Crippen molar-refractivity contribution in [2.24, 2.45) is 0 Å². The fraction of sp³-hybridized carbons (Fsp3) is 0.222. The monoisotopic (exact) mass is 381 g/mol. The molecule has 1 saturated carbocycles. The van der Waals surface area contributed by atoms with Crippen LogP contribution in [0.15, 0.2) is 57.8 Å². The first-order valence-electron chi connectivity index (χ1n) is 8.36. The first-order chi connectivity index (χ1) is 12.9. The van der Waals surface area contributed by atoms with Crippen LogP contribution < -0.4 is 0 Å². The molecule has 1 aliphatic carbocycles. The lowest BCUT2D eigenvalue weighted by Crippen LogP contribution is -2.00. The van der Waals surface area contributed by atoms with E-state index in [0.717, 1.165) is 32.9 Å². The summed E-state index contributed by atoms with van der Waals surface area (Å²) >= 11 is 3.29. The molecule has 0 bridgehead atoms. The Balaban J connectivity index is 1.37. The van der Waals surface area contributed by atoms with Gasteiger partial charge in [-0.1, -0.05) is 23.0 Å². The zero-order chi connectivity index (χ0) is 17.3. The molecule has 4 aromatic rings. The van der Waals surface area contributed by atoms with Crippen LogP contribution in [0, 0.1) is 0 Å².